The van der Waals surface area contributed by atoms with Crippen molar-refractivity contribution < 1.29 is 27.8 Å². The van der Waals surface area contributed by atoms with Crippen molar-refractivity contribution in [3.05, 3.63) is 65.1 Å². The smallest absolute Gasteiger partial charge is 0.266 e. The SMILES string of the molecule is COc1cc2nccc(N[C@H](C)c3cccc(C(F)F)c3F)c2cc1C1(O)CCN(C(C)=O)C1. The molecule has 180 valence electrons. The summed E-state index contributed by atoms with van der Waals surface area (Å²) in [4.78, 5) is 17.8. The third-order valence-electron chi connectivity index (χ3n) is 6.39. The van der Waals surface area contributed by atoms with Gasteiger partial charge in [0.1, 0.15) is 17.2 Å². The molecule has 1 saturated heterocycles. The first-order chi connectivity index (χ1) is 16.1. The van der Waals surface area contributed by atoms with E-state index < -0.39 is 29.4 Å². The predicted molar refractivity (Wildman–Crippen MR) is 122 cm³/mol. The first-order valence-corrected chi connectivity index (χ1v) is 10.9. The molecule has 1 aromatic heterocycles. The molecule has 2 N–H and O–H groups in total. The fourth-order valence-electron chi connectivity index (χ4n) is 4.50. The second-order valence-corrected chi connectivity index (χ2v) is 8.57. The van der Waals surface area contributed by atoms with Gasteiger partial charge < -0.3 is 20.1 Å². The Labute approximate surface area is 195 Å². The van der Waals surface area contributed by atoms with E-state index in [1.165, 1.54) is 26.2 Å². The number of aromatic nitrogens is 1. The Morgan fingerprint density at radius 2 is 2.00 bits per heavy atom. The van der Waals surface area contributed by atoms with Crippen LogP contribution in [0, 0.1) is 5.82 Å². The average molecular weight is 473 g/mol. The third-order valence-corrected chi connectivity index (χ3v) is 6.39. The summed E-state index contributed by atoms with van der Waals surface area (Å²) < 4.78 is 46.5. The number of rotatable bonds is 6. The topological polar surface area (TPSA) is 74.7 Å². The van der Waals surface area contributed by atoms with Gasteiger partial charge in [-0.2, -0.15) is 0 Å². The molecule has 0 radical (unpaired) electrons. The lowest BCUT2D eigenvalue weighted by molar-refractivity contribution is -0.128. The maximum Gasteiger partial charge on any atom is 0.266 e. The van der Waals surface area contributed by atoms with Crippen molar-refractivity contribution >= 4 is 22.5 Å². The zero-order valence-electron chi connectivity index (χ0n) is 19.1. The zero-order chi connectivity index (χ0) is 24.6. The fourth-order valence-corrected chi connectivity index (χ4v) is 4.50. The Bertz CT molecular complexity index is 1240. The number of aliphatic hydroxyl groups is 1. The van der Waals surface area contributed by atoms with Gasteiger partial charge in [-0.15, -0.1) is 0 Å². The number of fused-ring (bicyclic) bond motifs is 1. The van der Waals surface area contributed by atoms with Crippen LogP contribution < -0.4 is 10.1 Å². The second kappa shape index (κ2) is 9.13. The fraction of sp³-hybridized carbons (Fsp3) is 0.360. The highest BCUT2D eigenvalue weighted by atomic mass is 19.3. The van der Waals surface area contributed by atoms with Crippen molar-refractivity contribution in [2.45, 2.75) is 38.3 Å². The minimum absolute atomic E-state index is 0.114. The number of hydrogen-bond acceptors (Lipinski definition) is 5. The number of hydrogen-bond donors (Lipinski definition) is 2. The molecule has 1 aliphatic rings. The van der Waals surface area contributed by atoms with E-state index in [0.717, 1.165) is 6.07 Å². The molecule has 4 rings (SSSR count). The van der Waals surface area contributed by atoms with E-state index in [4.69, 9.17) is 4.74 Å². The second-order valence-electron chi connectivity index (χ2n) is 8.57. The zero-order valence-corrected chi connectivity index (χ0v) is 19.1. The van der Waals surface area contributed by atoms with Gasteiger partial charge in [0.25, 0.3) is 6.43 Å². The van der Waals surface area contributed by atoms with E-state index in [1.807, 2.05) is 0 Å². The molecule has 1 unspecified atom stereocenters. The molecule has 0 bridgehead atoms. The monoisotopic (exact) mass is 473 g/mol. The van der Waals surface area contributed by atoms with Crippen LogP contribution in [0.4, 0.5) is 18.9 Å². The highest BCUT2D eigenvalue weighted by Gasteiger charge is 2.41. The van der Waals surface area contributed by atoms with E-state index in [2.05, 4.69) is 10.3 Å². The number of alkyl halides is 2. The van der Waals surface area contributed by atoms with Crippen molar-refractivity contribution in [1.82, 2.24) is 9.88 Å². The van der Waals surface area contributed by atoms with Gasteiger partial charge in [0.2, 0.25) is 5.91 Å². The normalized spacial score (nSPS) is 19.0. The lowest BCUT2D eigenvalue weighted by Gasteiger charge is -2.26. The van der Waals surface area contributed by atoms with Crippen molar-refractivity contribution in [2.24, 2.45) is 0 Å². The number of β-amino-alcohol motifs (C(OH)–C–C–N with tert-alkyl or cyclic N) is 1. The average Bonchev–Trinajstić information content (AvgIpc) is 3.21. The van der Waals surface area contributed by atoms with Crippen LogP contribution in [0.15, 0.2) is 42.6 Å². The summed E-state index contributed by atoms with van der Waals surface area (Å²) in [6.45, 7) is 3.69. The Morgan fingerprint density at radius 3 is 2.65 bits per heavy atom. The van der Waals surface area contributed by atoms with Crippen LogP contribution in [0.3, 0.4) is 0 Å². The number of halogens is 3. The molecule has 1 aliphatic heterocycles. The minimum Gasteiger partial charge on any atom is -0.496 e. The molecule has 34 heavy (non-hydrogen) atoms. The summed E-state index contributed by atoms with van der Waals surface area (Å²) in [6.07, 6.45) is -0.991. The molecule has 0 saturated carbocycles. The Hall–Kier alpha value is -3.33. The van der Waals surface area contributed by atoms with Crippen molar-refractivity contribution in [3.8, 4) is 5.75 Å². The number of amides is 1. The molecule has 2 aromatic carbocycles. The number of methoxy groups -OCH3 is 1. The van der Waals surface area contributed by atoms with E-state index in [0.29, 0.717) is 40.9 Å². The first kappa shape index (κ1) is 23.8. The van der Waals surface area contributed by atoms with E-state index >= 15 is 0 Å². The minimum atomic E-state index is -2.91. The first-order valence-electron chi connectivity index (χ1n) is 10.9. The molecule has 6 nitrogen and oxygen atoms in total. The molecule has 1 amide bonds. The van der Waals surface area contributed by atoms with Crippen LogP contribution in [-0.2, 0) is 10.4 Å². The van der Waals surface area contributed by atoms with Crippen LogP contribution in [-0.4, -0.2) is 41.1 Å². The van der Waals surface area contributed by atoms with Gasteiger partial charge in [0, 0.05) is 47.9 Å². The number of ether oxygens (including phenoxy) is 1. The van der Waals surface area contributed by atoms with Gasteiger partial charge in [-0.1, -0.05) is 18.2 Å². The Kier molecular flexibility index (Phi) is 6.40. The molecule has 0 spiro atoms. The number of carbonyl (C=O) groups excluding carboxylic acids is 1. The van der Waals surface area contributed by atoms with Gasteiger partial charge in [-0.25, -0.2) is 13.2 Å². The molecule has 9 heteroatoms. The largest absolute Gasteiger partial charge is 0.496 e. The molecule has 3 aromatic rings. The van der Waals surface area contributed by atoms with E-state index in [-0.39, 0.29) is 18.0 Å². The van der Waals surface area contributed by atoms with Crippen LogP contribution in [0.25, 0.3) is 10.9 Å². The number of nitrogens with one attached hydrogen (secondary N) is 1. The molecule has 1 fully saturated rings. The number of benzene rings is 2. The van der Waals surface area contributed by atoms with Crippen LogP contribution in [0.1, 0.15) is 49.4 Å². The van der Waals surface area contributed by atoms with Crippen molar-refractivity contribution in [3.63, 3.8) is 0 Å². The summed E-state index contributed by atoms with van der Waals surface area (Å²) in [5.74, 6) is -0.627. The number of pyridine rings is 1. The summed E-state index contributed by atoms with van der Waals surface area (Å²) in [7, 11) is 1.49. The lowest BCUT2D eigenvalue weighted by atomic mass is 9.90. The van der Waals surface area contributed by atoms with Crippen LogP contribution in [0.5, 0.6) is 5.75 Å². The molecule has 2 atom stereocenters. The van der Waals surface area contributed by atoms with Gasteiger partial charge in [0.15, 0.2) is 0 Å². The van der Waals surface area contributed by atoms with E-state index in [9.17, 15) is 23.1 Å². The Balaban J connectivity index is 1.75. The van der Waals surface area contributed by atoms with Crippen molar-refractivity contribution in [1.29, 1.82) is 0 Å². The molecule has 2 heterocycles. The third kappa shape index (κ3) is 4.27. The molecular weight excluding hydrogens is 447 g/mol. The summed E-state index contributed by atoms with van der Waals surface area (Å²) in [5, 5.41) is 15.2. The highest BCUT2D eigenvalue weighted by molar-refractivity contribution is 5.93. The van der Waals surface area contributed by atoms with E-state index in [1.54, 1.807) is 36.2 Å². The maximum absolute atomic E-state index is 14.7. The highest BCUT2D eigenvalue weighted by Crippen LogP contribution is 2.41. The lowest BCUT2D eigenvalue weighted by Crippen LogP contribution is -2.33. The number of carbonyl (C=O) groups is 1. The number of nitrogens with zero attached hydrogens (tertiary/aromatic N) is 2. The quantitative estimate of drug-likeness (QED) is 0.531. The predicted octanol–water partition coefficient (Wildman–Crippen LogP) is 4.93. The number of likely N-dealkylation sites (tertiary alicyclic amines) is 1. The Morgan fingerprint density at radius 1 is 1.26 bits per heavy atom. The van der Waals surface area contributed by atoms with Crippen molar-refractivity contribution in [2.75, 3.05) is 25.5 Å². The van der Waals surface area contributed by atoms with Crippen LogP contribution >= 0.6 is 0 Å². The maximum atomic E-state index is 14.7. The van der Waals surface area contributed by atoms with Crippen LogP contribution in [0.2, 0.25) is 0 Å². The molecule has 0 aliphatic carbocycles. The molecular formula is C25H26F3N3O3. The van der Waals surface area contributed by atoms with Gasteiger partial charge in [-0.05, 0) is 25.5 Å². The summed E-state index contributed by atoms with van der Waals surface area (Å²) >= 11 is 0. The van der Waals surface area contributed by atoms with Gasteiger partial charge in [-0.3, -0.25) is 9.78 Å². The summed E-state index contributed by atoms with van der Waals surface area (Å²) in [6, 6.07) is 8.47. The number of anilines is 1. The standard InChI is InChI=1S/C25H26F3N3O3/c1-14(16-5-4-6-17(23(16)26)24(27)28)30-20-7-9-29-21-12-22(34-3)19(11-18(20)21)25(33)8-10-31(13-25)15(2)32/h4-7,9,11-12,14,24,33H,8,10,13H2,1-3H3,(H,29,30)/t14-,25?/m1/s1. The van der Waals surface area contributed by atoms with Gasteiger partial charge >= 0.3 is 0 Å². The summed E-state index contributed by atoms with van der Waals surface area (Å²) in [5.41, 5.74) is -0.153. The van der Waals surface area contributed by atoms with Gasteiger partial charge in [0.05, 0.1) is 30.8 Å².